The number of hydrogen-bond acceptors (Lipinski definition) is 3. The van der Waals surface area contributed by atoms with E-state index < -0.39 is 0 Å². The van der Waals surface area contributed by atoms with Crippen molar-refractivity contribution in [3.8, 4) is 0 Å². The highest BCUT2D eigenvalue weighted by atomic mass is 35.5. The Balaban J connectivity index is 1.39. The molecule has 5 atom stereocenters. The third kappa shape index (κ3) is 2.78. The van der Waals surface area contributed by atoms with Gasteiger partial charge in [0.2, 0.25) is 5.91 Å². The minimum absolute atomic E-state index is 0.183. The van der Waals surface area contributed by atoms with Crippen LogP contribution in [0.4, 0.5) is 0 Å². The van der Waals surface area contributed by atoms with Gasteiger partial charge < -0.3 is 9.88 Å². The molecule has 1 unspecified atom stereocenters. The van der Waals surface area contributed by atoms with Gasteiger partial charge >= 0.3 is 0 Å². The summed E-state index contributed by atoms with van der Waals surface area (Å²) in [6, 6.07) is 5.07. The first-order valence-electron chi connectivity index (χ1n) is 10.0. The number of H-pyrrole nitrogens is 1. The van der Waals surface area contributed by atoms with Crippen molar-refractivity contribution < 1.29 is 4.79 Å². The molecular formula is C21H24ClN3O2. The summed E-state index contributed by atoms with van der Waals surface area (Å²) < 4.78 is 0. The maximum absolute atomic E-state index is 13.2. The van der Waals surface area contributed by atoms with E-state index in [1.807, 2.05) is 4.90 Å². The van der Waals surface area contributed by atoms with Crippen LogP contribution in [0, 0.1) is 29.6 Å². The molecule has 3 fully saturated rings. The lowest BCUT2D eigenvalue weighted by Gasteiger charge is -2.23. The molecule has 3 saturated carbocycles. The number of halogens is 1. The van der Waals surface area contributed by atoms with Crippen LogP contribution in [-0.2, 0) is 11.3 Å². The zero-order valence-corrected chi connectivity index (χ0v) is 16.2. The summed E-state index contributed by atoms with van der Waals surface area (Å²) in [6.45, 7) is 3.13. The fourth-order valence-electron chi connectivity index (χ4n) is 5.82. The molecule has 6 heteroatoms. The van der Waals surface area contributed by atoms with Crippen molar-refractivity contribution in [2.45, 2.75) is 39.2 Å². The van der Waals surface area contributed by atoms with E-state index in [1.165, 1.54) is 19.3 Å². The number of benzene rings is 1. The van der Waals surface area contributed by atoms with Crippen LogP contribution in [0.3, 0.4) is 0 Å². The molecule has 0 saturated heterocycles. The van der Waals surface area contributed by atoms with Crippen LogP contribution in [0.5, 0.6) is 0 Å². The lowest BCUT2D eigenvalue weighted by Crippen LogP contribution is -2.35. The minimum atomic E-state index is -0.183. The summed E-state index contributed by atoms with van der Waals surface area (Å²) in [4.78, 5) is 34.9. The van der Waals surface area contributed by atoms with Crippen molar-refractivity contribution in [2.24, 2.45) is 29.6 Å². The van der Waals surface area contributed by atoms with Crippen molar-refractivity contribution in [2.75, 3.05) is 6.54 Å². The van der Waals surface area contributed by atoms with E-state index in [0.717, 1.165) is 18.3 Å². The van der Waals surface area contributed by atoms with Gasteiger partial charge in [0.25, 0.3) is 5.56 Å². The summed E-state index contributed by atoms with van der Waals surface area (Å²) in [5, 5.41) is 1.07. The van der Waals surface area contributed by atoms with Gasteiger partial charge in [0.05, 0.1) is 17.4 Å². The molecule has 2 bridgehead atoms. The molecule has 5 rings (SSSR count). The predicted octanol–water partition coefficient (Wildman–Crippen LogP) is 3.61. The second-order valence-corrected chi connectivity index (χ2v) is 8.88. The van der Waals surface area contributed by atoms with Crippen LogP contribution in [0.15, 0.2) is 23.0 Å². The first-order valence-corrected chi connectivity index (χ1v) is 10.4. The van der Waals surface area contributed by atoms with E-state index in [2.05, 4.69) is 16.9 Å². The van der Waals surface area contributed by atoms with Gasteiger partial charge in [-0.15, -0.1) is 0 Å². The van der Waals surface area contributed by atoms with Gasteiger partial charge in [-0.05, 0) is 67.6 Å². The molecule has 3 aliphatic rings. The third-order valence-electron chi connectivity index (χ3n) is 6.88. The molecule has 1 N–H and O–H groups in total. The smallest absolute Gasteiger partial charge is 0.258 e. The first-order chi connectivity index (χ1) is 13.1. The van der Waals surface area contributed by atoms with Gasteiger partial charge in [0.15, 0.2) is 0 Å². The number of aromatic nitrogens is 2. The number of nitrogens with zero attached hydrogens (tertiary/aromatic N) is 2. The van der Waals surface area contributed by atoms with E-state index in [4.69, 9.17) is 11.6 Å². The molecule has 0 radical (unpaired) electrons. The summed E-state index contributed by atoms with van der Waals surface area (Å²) >= 11 is 6.05. The van der Waals surface area contributed by atoms with Crippen LogP contribution >= 0.6 is 11.6 Å². The molecule has 1 amide bonds. The van der Waals surface area contributed by atoms with E-state index >= 15 is 0 Å². The maximum Gasteiger partial charge on any atom is 0.258 e. The van der Waals surface area contributed by atoms with Crippen molar-refractivity contribution in [1.82, 2.24) is 14.9 Å². The number of aromatic amines is 1. The summed E-state index contributed by atoms with van der Waals surface area (Å²) in [5.74, 6) is 3.81. The van der Waals surface area contributed by atoms with Crippen molar-refractivity contribution in [1.29, 1.82) is 0 Å². The Morgan fingerprint density at radius 3 is 2.74 bits per heavy atom. The van der Waals surface area contributed by atoms with Gasteiger partial charge in [-0.3, -0.25) is 9.59 Å². The molecule has 27 heavy (non-hydrogen) atoms. The van der Waals surface area contributed by atoms with Crippen LogP contribution < -0.4 is 5.56 Å². The van der Waals surface area contributed by atoms with Crippen LogP contribution in [0.25, 0.3) is 10.9 Å². The normalized spacial score (nSPS) is 30.5. The Labute approximate surface area is 163 Å². The summed E-state index contributed by atoms with van der Waals surface area (Å²) in [7, 11) is 0. The fourth-order valence-corrected chi connectivity index (χ4v) is 5.99. The Morgan fingerprint density at radius 2 is 2.04 bits per heavy atom. The monoisotopic (exact) mass is 385 g/mol. The van der Waals surface area contributed by atoms with Crippen molar-refractivity contribution in [3.63, 3.8) is 0 Å². The lowest BCUT2D eigenvalue weighted by molar-refractivity contribution is -0.134. The van der Waals surface area contributed by atoms with E-state index in [9.17, 15) is 9.59 Å². The quantitative estimate of drug-likeness (QED) is 0.855. The van der Waals surface area contributed by atoms with Crippen LogP contribution in [-0.4, -0.2) is 27.3 Å². The molecule has 5 nitrogen and oxygen atoms in total. The second-order valence-electron chi connectivity index (χ2n) is 8.45. The van der Waals surface area contributed by atoms with Gasteiger partial charge in [0, 0.05) is 17.5 Å². The molecule has 1 aromatic heterocycles. The highest BCUT2D eigenvalue weighted by Crippen LogP contribution is 2.69. The number of hydrogen-bond donors (Lipinski definition) is 1. The molecule has 0 spiro atoms. The van der Waals surface area contributed by atoms with E-state index in [1.54, 1.807) is 18.2 Å². The Hall–Kier alpha value is -1.88. The maximum atomic E-state index is 13.2. The average molecular weight is 386 g/mol. The predicted molar refractivity (Wildman–Crippen MR) is 104 cm³/mol. The third-order valence-corrected chi connectivity index (χ3v) is 7.12. The van der Waals surface area contributed by atoms with E-state index in [-0.39, 0.29) is 17.4 Å². The zero-order valence-electron chi connectivity index (χ0n) is 15.5. The molecular weight excluding hydrogens is 362 g/mol. The Bertz CT molecular complexity index is 956. The lowest BCUT2D eigenvalue weighted by atomic mass is 10.0. The number of carbonyl (C=O) groups excluding carboxylic acids is 1. The van der Waals surface area contributed by atoms with Gasteiger partial charge in [-0.1, -0.05) is 18.5 Å². The minimum Gasteiger partial charge on any atom is -0.335 e. The average Bonchev–Trinajstić information content (AvgIpc) is 3.06. The van der Waals surface area contributed by atoms with Gasteiger partial charge in [-0.25, -0.2) is 4.98 Å². The number of nitrogens with one attached hydrogen (secondary N) is 1. The van der Waals surface area contributed by atoms with Crippen molar-refractivity contribution in [3.05, 3.63) is 39.4 Å². The first kappa shape index (κ1) is 17.2. The number of fused-ring (bicyclic) bond motifs is 6. The van der Waals surface area contributed by atoms with Crippen molar-refractivity contribution >= 4 is 28.4 Å². The molecule has 142 valence electrons. The highest BCUT2D eigenvalue weighted by molar-refractivity contribution is 6.31. The molecule has 2 aromatic rings. The van der Waals surface area contributed by atoms with Gasteiger partial charge in [-0.2, -0.15) is 0 Å². The molecule has 0 aliphatic heterocycles. The molecule has 1 heterocycles. The van der Waals surface area contributed by atoms with Gasteiger partial charge in [0.1, 0.15) is 5.82 Å². The zero-order chi connectivity index (χ0) is 18.7. The standard InChI is InChI=1S/C21H24ClN3O2/c1-2-7-25(21(27)19-17-11-3-4-12(8-11)18(17)19)10-16-23-15-9-13(22)5-6-14(15)20(26)24-16/h5-6,9,11-12,17-19H,2-4,7-8,10H2,1H3,(H,23,24,26)/t11-,12+,17+,18-,19?. The summed E-state index contributed by atoms with van der Waals surface area (Å²) in [5.41, 5.74) is 0.392. The summed E-state index contributed by atoms with van der Waals surface area (Å²) in [6.07, 6.45) is 4.85. The van der Waals surface area contributed by atoms with Crippen LogP contribution in [0.1, 0.15) is 38.4 Å². The molecule has 3 aliphatic carbocycles. The number of amides is 1. The number of rotatable bonds is 5. The fraction of sp³-hybridized carbons (Fsp3) is 0.571. The Morgan fingerprint density at radius 1 is 1.30 bits per heavy atom. The second kappa shape index (κ2) is 6.33. The highest BCUT2D eigenvalue weighted by Gasteiger charge is 2.67. The van der Waals surface area contributed by atoms with Crippen LogP contribution in [0.2, 0.25) is 5.02 Å². The largest absolute Gasteiger partial charge is 0.335 e. The van der Waals surface area contributed by atoms with E-state index in [0.29, 0.717) is 46.7 Å². The number of carbonyl (C=O) groups is 1. The Kier molecular flexibility index (Phi) is 4.04. The topological polar surface area (TPSA) is 66.1 Å². The SMILES string of the molecule is CCCN(Cc1nc2cc(Cl)ccc2c(=O)[nH]1)C(=O)C1[C@@H]2[C@H]3CC[C@H](C3)[C@H]12. The molecule has 1 aromatic carbocycles.